The Hall–Kier alpha value is -3.40. The molecule has 0 fully saturated rings. The molecule has 3 aromatic rings. The van der Waals surface area contributed by atoms with Gasteiger partial charge < -0.3 is 10.1 Å². The summed E-state index contributed by atoms with van der Waals surface area (Å²) in [6, 6.07) is 24.7. The lowest BCUT2D eigenvalue weighted by molar-refractivity contribution is -0.131. The first-order valence-electron chi connectivity index (χ1n) is 8.77. The van der Waals surface area contributed by atoms with Crippen LogP contribution in [0.3, 0.4) is 0 Å². The fourth-order valence-electron chi connectivity index (χ4n) is 2.80. The summed E-state index contributed by atoms with van der Waals surface area (Å²) in [5.74, 6) is -0.146. The lowest BCUT2D eigenvalue weighted by atomic mass is 10.0. The Kier molecular flexibility index (Phi) is 5.67. The molecule has 27 heavy (non-hydrogen) atoms. The number of hydrogen-bond donors (Lipinski definition) is 1. The van der Waals surface area contributed by atoms with E-state index in [0.717, 1.165) is 16.7 Å². The minimum Gasteiger partial charge on any atom is -0.427 e. The number of esters is 1. The molecule has 0 aliphatic carbocycles. The van der Waals surface area contributed by atoms with E-state index in [-0.39, 0.29) is 17.9 Å². The Balaban J connectivity index is 1.65. The van der Waals surface area contributed by atoms with E-state index in [1.807, 2.05) is 37.3 Å². The van der Waals surface area contributed by atoms with Crippen molar-refractivity contribution in [3.8, 4) is 16.9 Å². The lowest BCUT2D eigenvalue weighted by Gasteiger charge is -2.15. The molecular weight excluding hydrogens is 338 g/mol. The van der Waals surface area contributed by atoms with Crippen molar-refractivity contribution in [1.29, 1.82) is 0 Å². The number of amides is 1. The fraction of sp³-hybridized carbons (Fsp3) is 0.130. The number of nitrogens with one attached hydrogen (secondary N) is 1. The van der Waals surface area contributed by atoms with E-state index in [9.17, 15) is 9.59 Å². The Morgan fingerprint density at radius 3 is 2.00 bits per heavy atom. The molecule has 0 spiro atoms. The molecule has 0 aliphatic heterocycles. The third-order valence-electron chi connectivity index (χ3n) is 4.24. The molecular formula is C23H21NO3. The van der Waals surface area contributed by atoms with Crippen LogP contribution in [0, 0.1) is 0 Å². The zero-order valence-corrected chi connectivity index (χ0v) is 15.3. The normalized spacial score (nSPS) is 11.5. The Labute approximate surface area is 158 Å². The maximum atomic E-state index is 12.4. The molecule has 1 atom stereocenters. The molecule has 0 heterocycles. The van der Waals surface area contributed by atoms with Crippen molar-refractivity contribution < 1.29 is 14.3 Å². The SMILES string of the molecule is CC(=O)Oc1ccc(C(=O)N[C@H](C)c2ccc(-c3ccccc3)cc2)cc1. The summed E-state index contributed by atoms with van der Waals surface area (Å²) in [4.78, 5) is 23.4. The van der Waals surface area contributed by atoms with Gasteiger partial charge in [0.2, 0.25) is 0 Å². The van der Waals surface area contributed by atoms with Crippen LogP contribution < -0.4 is 10.1 Å². The number of rotatable bonds is 5. The standard InChI is InChI=1S/C23H21NO3/c1-16(18-8-10-20(11-9-18)19-6-4-3-5-7-19)24-23(26)21-12-14-22(15-13-21)27-17(2)25/h3-16H,1-2H3,(H,24,26)/t16-/m1/s1. The summed E-state index contributed by atoms with van der Waals surface area (Å²) in [6.07, 6.45) is 0. The van der Waals surface area contributed by atoms with Gasteiger partial charge in [0.05, 0.1) is 6.04 Å². The Bertz CT molecular complexity index is 916. The van der Waals surface area contributed by atoms with Crippen LogP contribution in [0.4, 0.5) is 0 Å². The van der Waals surface area contributed by atoms with E-state index in [1.165, 1.54) is 6.92 Å². The van der Waals surface area contributed by atoms with E-state index in [0.29, 0.717) is 11.3 Å². The summed E-state index contributed by atoms with van der Waals surface area (Å²) in [7, 11) is 0. The van der Waals surface area contributed by atoms with Gasteiger partial charge in [-0.3, -0.25) is 9.59 Å². The zero-order valence-electron chi connectivity index (χ0n) is 15.3. The lowest BCUT2D eigenvalue weighted by Crippen LogP contribution is -2.26. The second-order valence-corrected chi connectivity index (χ2v) is 6.30. The smallest absolute Gasteiger partial charge is 0.308 e. The van der Waals surface area contributed by atoms with E-state index in [4.69, 9.17) is 4.74 Å². The van der Waals surface area contributed by atoms with Gasteiger partial charge in [-0.25, -0.2) is 0 Å². The van der Waals surface area contributed by atoms with Crippen LogP contribution in [-0.4, -0.2) is 11.9 Å². The monoisotopic (exact) mass is 359 g/mol. The number of carbonyl (C=O) groups is 2. The van der Waals surface area contributed by atoms with Gasteiger partial charge in [-0.15, -0.1) is 0 Å². The quantitative estimate of drug-likeness (QED) is 0.527. The van der Waals surface area contributed by atoms with Crippen LogP contribution in [0.1, 0.15) is 35.8 Å². The van der Waals surface area contributed by atoms with Crippen molar-refractivity contribution >= 4 is 11.9 Å². The van der Waals surface area contributed by atoms with Crippen LogP contribution in [0.25, 0.3) is 11.1 Å². The van der Waals surface area contributed by atoms with Crippen LogP contribution >= 0.6 is 0 Å². The highest BCUT2D eigenvalue weighted by molar-refractivity contribution is 5.94. The van der Waals surface area contributed by atoms with Gasteiger partial charge in [-0.2, -0.15) is 0 Å². The molecule has 0 bridgehead atoms. The molecule has 4 nitrogen and oxygen atoms in total. The van der Waals surface area contributed by atoms with E-state index in [1.54, 1.807) is 24.3 Å². The predicted molar refractivity (Wildman–Crippen MR) is 106 cm³/mol. The number of benzene rings is 3. The van der Waals surface area contributed by atoms with Gasteiger partial charge in [0.25, 0.3) is 5.91 Å². The molecule has 3 aromatic carbocycles. The predicted octanol–water partition coefficient (Wildman–Crippen LogP) is 4.77. The average molecular weight is 359 g/mol. The van der Waals surface area contributed by atoms with E-state index in [2.05, 4.69) is 29.6 Å². The van der Waals surface area contributed by atoms with Crippen molar-refractivity contribution in [2.24, 2.45) is 0 Å². The van der Waals surface area contributed by atoms with Gasteiger partial charge in [0, 0.05) is 12.5 Å². The number of hydrogen-bond acceptors (Lipinski definition) is 3. The third kappa shape index (κ3) is 4.82. The second kappa shape index (κ2) is 8.32. The summed E-state index contributed by atoms with van der Waals surface area (Å²) in [5.41, 5.74) is 3.84. The van der Waals surface area contributed by atoms with Gasteiger partial charge in [-0.1, -0.05) is 54.6 Å². The van der Waals surface area contributed by atoms with Crippen LogP contribution in [-0.2, 0) is 4.79 Å². The van der Waals surface area contributed by atoms with Gasteiger partial charge in [0.1, 0.15) is 5.75 Å². The van der Waals surface area contributed by atoms with Crippen LogP contribution in [0.2, 0.25) is 0 Å². The maximum Gasteiger partial charge on any atom is 0.308 e. The topological polar surface area (TPSA) is 55.4 Å². The van der Waals surface area contributed by atoms with E-state index >= 15 is 0 Å². The summed E-state index contributed by atoms with van der Waals surface area (Å²) < 4.78 is 4.98. The highest BCUT2D eigenvalue weighted by atomic mass is 16.5. The first kappa shape index (κ1) is 18.4. The highest BCUT2D eigenvalue weighted by Crippen LogP contribution is 2.22. The Morgan fingerprint density at radius 2 is 1.41 bits per heavy atom. The molecule has 1 amide bonds. The van der Waals surface area contributed by atoms with E-state index < -0.39 is 0 Å². The molecule has 0 aliphatic rings. The first-order valence-corrected chi connectivity index (χ1v) is 8.77. The zero-order chi connectivity index (χ0) is 19.2. The second-order valence-electron chi connectivity index (χ2n) is 6.30. The van der Waals surface area contributed by atoms with Crippen molar-refractivity contribution in [2.45, 2.75) is 19.9 Å². The van der Waals surface area contributed by atoms with Crippen molar-refractivity contribution in [3.63, 3.8) is 0 Å². The molecule has 0 saturated heterocycles. The van der Waals surface area contributed by atoms with Crippen molar-refractivity contribution in [3.05, 3.63) is 90.0 Å². The third-order valence-corrected chi connectivity index (χ3v) is 4.24. The molecule has 136 valence electrons. The number of ether oxygens (including phenoxy) is 1. The summed E-state index contributed by atoms with van der Waals surface area (Å²) in [5, 5.41) is 2.99. The molecule has 0 unspecified atom stereocenters. The molecule has 1 N–H and O–H groups in total. The Morgan fingerprint density at radius 1 is 0.815 bits per heavy atom. The molecule has 0 saturated carbocycles. The van der Waals surface area contributed by atoms with Gasteiger partial charge in [0.15, 0.2) is 0 Å². The van der Waals surface area contributed by atoms with Gasteiger partial charge >= 0.3 is 5.97 Å². The number of carbonyl (C=O) groups excluding carboxylic acids is 2. The molecule has 0 aromatic heterocycles. The molecule has 3 rings (SSSR count). The van der Waals surface area contributed by atoms with Crippen LogP contribution in [0.15, 0.2) is 78.9 Å². The van der Waals surface area contributed by atoms with Crippen LogP contribution in [0.5, 0.6) is 5.75 Å². The van der Waals surface area contributed by atoms with Gasteiger partial charge in [-0.05, 0) is 47.9 Å². The van der Waals surface area contributed by atoms with Crippen molar-refractivity contribution in [2.75, 3.05) is 0 Å². The molecule has 4 heteroatoms. The minimum atomic E-state index is -0.389. The maximum absolute atomic E-state index is 12.4. The minimum absolute atomic E-state index is 0.129. The fourth-order valence-corrected chi connectivity index (χ4v) is 2.80. The summed E-state index contributed by atoms with van der Waals surface area (Å²) in [6.45, 7) is 3.29. The highest BCUT2D eigenvalue weighted by Gasteiger charge is 2.12. The van der Waals surface area contributed by atoms with Crippen molar-refractivity contribution in [1.82, 2.24) is 5.32 Å². The first-order chi connectivity index (χ1) is 13.0. The molecule has 0 radical (unpaired) electrons. The summed E-state index contributed by atoms with van der Waals surface area (Å²) >= 11 is 0. The average Bonchev–Trinajstić information content (AvgIpc) is 2.69. The largest absolute Gasteiger partial charge is 0.427 e.